The number of carbonyl (C=O) groups is 1. The second-order valence-corrected chi connectivity index (χ2v) is 7.28. The van der Waals surface area contributed by atoms with Crippen LogP contribution in [0.5, 0.6) is 11.5 Å². The molecule has 30 heavy (non-hydrogen) atoms. The van der Waals surface area contributed by atoms with Crippen molar-refractivity contribution in [3.63, 3.8) is 0 Å². The molecule has 0 unspecified atom stereocenters. The molecule has 0 spiro atoms. The number of imidazole rings is 1. The molecule has 0 aliphatic carbocycles. The fourth-order valence-corrected chi connectivity index (χ4v) is 3.74. The van der Waals surface area contributed by atoms with Gasteiger partial charge >= 0.3 is 0 Å². The van der Waals surface area contributed by atoms with Gasteiger partial charge in [0.05, 0.1) is 36.9 Å². The van der Waals surface area contributed by atoms with Crippen molar-refractivity contribution >= 4 is 16.9 Å². The number of aromatic nitrogens is 4. The Balaban J connectivity index is 1.31. The summed E-state index contributed by atoms with van der Waals surface area (Å²) in [5.74, 6) is 2.41. The highest BCUT2D eigenvalue weighted by Gasteiger charge is 2.35. The first kappa shape index (κ1) is 18.2. The van der Waals surface area contributed by atoms with Crippen LogP contribution in [0.15, 0.2) is 48.5 Å². The molecule has 2 aromatic carbocycles. The zero-order valence-corrected chi connectivity index (χ0v) is 16.7. The maximum Gasteiger partial charge on any atom is 0.271 e. The van der Waals surface area contributed by atoms with E-state index < -0.39 is 0 Å². The largest absolute Gasteiger partial charge is 0.497 e. The molecule has 2 N–H and O–H groups in total. The number of para-hydroxylation sites is 2. The summed E-state index contributed by atoms with van der Waals surface area (Å²) in [7, 11) is 3.20. The molecule has 1 aliphatic rings. The predicted octanol–water partition coefficient (Wildman–Crippen LogP) is 3.21. The molecule has 152 valence electrons. The second kappa shape index (κ2) is 7.22. The van der Waals surface area contributed by atoms with E-state index in [2.05, 4.69) is 20.2 Å². The summed E-state index contributed by atoms with van der Waals surface area (Å²) in [4.78, 5) is 22.6. The lowest BCUT2D eigenvalue weighted by Crippen LogP contribution is -2.48. The van der Waals surface area contributed by atoms with Crippen LogP contribution in [0.25, 0.3) is 22.3 Å². The number of aromatic amines is 2. The van der Waals surface area contributed by atoms with Crippen LogP contribution in [0.2, 0.25) is 0 Å². The first-order valence-electron chi connectivity index (χ1n) is 9.68. The third-order valence-electron chi connectivity index (χ3n) is 5.45. The smallest absolute Gasteiger partial charge is 0.271 e. The van der Waals surface area contributed by atoms with Crippen molar-refractivity contribution < 1.29 is 14.3 Å². The van der Waals surface area contributed by atoms with Crippen LogP contribution in [0.4, 0.5) is 0 Å². The molecule has 1 fully saturated rings. The highest BCUT2D eigenvalue weighted by molar-refractivity contribution is 5.94. The monoisotopic (exact) mass is 403 g/mol. The van der Waals surface area contributed by atoms with Crippen molar-refractivity contribution in [3.05, 3.63) is 60.0 Å². The number of likely N-dealkylation sites (tertiary alicyclic amines) is 1. The molecule has 0 radical (unpaired) electrons. The number of H-pyrrole nitrogens is 2. The summed E-state index contributed by atoms with van der Waals surface area (Å²) >= 11 is 0. The number of ether oxygens (including phenoxy) is 2. The van der Waals surface area contributed by atoms with Crippen LogP contribution in [0.1, 0.15) is 22.2 Å². The van der Waals surface area contributed by atoms with Crippen molar-refractivity contribution in [1.29, 1.82) is 0 Å². The molecule has 1 saturated heterocycles. The van der Waals surface area contributed by atoms with E-state index in [4.69, 9.17) is 9.47 Å². The minimum absolute atomic E-state index is 0.0806. The number of carbonyl (C=O) groups excluding carboxylic acids is 1. The van der Waals surface area contributed by atoms with Crippen LogP contribution in [0.3, 0.4) is 0 Å². The Bertz CT molecular complexity index is 1190. The molecule has 5 rings (SSSR count). The highest BCUT2D eigenvalue weighted by Crippen LogP contribution is 2.33. The molecule has 1 aliphatic heterocycles. The predicted molar refractivity (Wildman–Crippen MR) is 112 cm³/mol. The molecular weight excluding hydrogens is 382 g/mol. The van der Waals surface area contributed by atoms with Crippen LogP contribution in [-0.2, 0) is 0 Å². The summed E-state index contributed by atoms with van der Waals surface area (Å²) in [5.41, 5.74) is 3.79. The Labute approximate surface area is 172 Å². The number of nitrogens with one attached hydrogen (secondary N) is 2. The Morgan fingerprint density at radius 2 is 1.93 bits per heavy atom. The van der Waals surface area contributed by atoms with Gasteiger partial charge in [-0.05, 0) is 36.4 Å². The Hall–Kier alpha value is -3.81. The Morgan fingerprint density at radius 3 is 2.70 bits per heavy atom. The van der Waals surface area contributed by atoms with E-state index in [1.54, 1.807) is 25.2 Å². The molecule has 1 amide bonds. The number of fused-ring (bicyclic) bond motifs is 1. The molecule has 3 heterocycles. The normalized spacial score (nSPS) is 14.0. The van der Waals surface area contributed by atoms with Crippen molar-refractivity contribution in [1.82, 2.24) is 25.1 Å². The first-order chi connectivity index (χ1) is 14.7. The fraction of sp³-hybridized carbons (Fsp3) is 0.227. The lowest BCUT2D eigenvalue weighted by atomic mass is 9.99. The topological polar surface area (TPSA) is 96.1 Å². The molecule has 4 aromatic rings. The number of rotatable bonds is 5. The second-order valence-electron chi connectivity index (χ2n) is 7.28. The van der Waals surface area contributed by atoms with Crippen LogP contribution < -0.4 is 9.47 Å². The van der Waals surface area contributed by atoms with Gasteiger partial charge in [-0.1, -0.05) is 12.1 Å². The van der Waals surface area contributed by atoms with Crippen molar-refractivity contribution in [2.24, 2.45) is 0 Å². The van der Waals surface area contributed by atoms with E-state index in [1.165, 1.54) is 0 Å². The van der Waals surface area contributed by atoms with Gasteiger partial charge in [-0.25, -0.2) is 4.98 Å². The molecule has 0 atom stereocenters. The summed E-state index contributed by atoms with van der Waals surface area (Å²) in [6.07, 6.45) is 0. The van der Waals surface area contributed by atoms with E-state index in [0.29, 0.717) is 36.0 Å². The summed E-state index contributed by atoms with van der Waals surface area (Å²) in [5, 5.41) is 7.17. The standard InChI is InChI=1S/C22H21N5O3/c1-29-14-7-8-20(30-2)15(9-14)18-10-19(26-25-18)22(28)27-11-13(12-27)21-23-16-5-3-4-6-17(16)24-21/h3-10,13H,11-12H2,1-2H3,(H,23,24)(H,25,26). The van der Waals surface area contributed by atoms with Gasteiger partial charge in [0, 0.05) is 18.7 Å². The van der Waals surface area contributed by atoms with Gasteiger partial charge in [-0.2, -0.15) is 5.10 Å². The third kappa shape index (κ3) is 3.06. The Kier molecular flexibility index (Phi) is 4.39. The summed E-state index contributed by atoms with van der Waals surface area (Å²) in [6, 6.07) is 15.2. The van der Waals surface area contributed by atoms with Crippen LogP contribution in [0, 0.1) is 0 Å². The molecule has 8 heteroatoms. The molecular formula is C22H21N5O3. The van der Waals surface area contributed by atoms with Crippen molar-refractivity contribution in [2.75, 3.05) is 27.3 Å². The van der Waals surface area contributed by atoms with E-state index >= 15 is 0 Å². The lowest BCUT2D eigenvalue weighted by molar-refractivity contribution is 0.0589. The fourth-order valence-electron chi connectivity index (χ4n) is 3.74. The number of nitrogens with zero attached hydrogens (tertiary/aromatic N) is 3. The number of amides is 1. The van der Waals surface area contributed by atoms with Crippen molar-refractivity contribution in [3.8, 4) is 22.8 Å². The zero-order valence-electron chi connectivity index (χ0n) is 16.7. The van der Waals surface area contributed by atoms with Crippen molar-refractivity contribution in [2.45, 2.75) is 5.92 Å². The number of hydrogen-bond donors (Lipinski definition) is 2. The third-order valence-corrected chi connectivity index (χ3v) is 5.45. The number of benzene rings is 2. The quantitative estimate of drug-likeness (QED) is 0.533. The first-order valence-corrected chi connectivity index (χ1v) is 9.68. The van der Waals surface area contributed by atoms with Gasteiger partial charge in [0.1, 0.15) is 23.0 Å². The van der Waals surface area contributed by atoms with Gasteiger partial charge in [0.25, 0.3) is 5.91 Å². The van der Waals surface area contributed by atoms with Crippen LogP contribution >= 0.6 is 0 Å². The number of hydrogen-bond acceptors (Lipinski definition) is 5. The Morgan fingerprint density at radius 1 is 1.10 bits per heavy atom. The molecule has 8 nitrogen and oxygen atoms in total. The maximum atomic E-state index is 12.9. The minimum Gasteiger partial charge on any atom is -0.497 e. The SMILES string of the molecule is COc1ccc(OC)c(-c2cc(C(=O)N3CC(c4nc5ccccc5[nH]4)C3)[nH]n2)c1. The zero-order chi connectivity index (χ0) is 20.7. The number of methoxy groups -OCH3 is 2. The lowest BCUT2D eigenvalue weighted by Gasteiger charge is -2.37. The summed E-state index contributed by atoms with van der Waals surface area (Å²) < 4.78 is 10.7. The van der Waals surface area contributed by atoms with Gasteiger partial charge in [0.15, 0.2) is 0 Å². The molecule has 0 saturated carbocycles. The summed E-state index contributed by atoms with van der Waals surface area (Å²) in [6.45, 7) is 1.24. The maximum absolute atomic E-state index is 12.9. The highest BCUT2D eigenvalue weighted by atomic mass is 16.5. The van der Waals surface area contributed by atoms with Gasteiger partial charge in [0.2, 0.25) is 0 Å². The van der Waals surface area contributed by atoms with Gasteiger partial charge in [-0.15, -0.1) is 0 Å². The average molecular weight is 403 g/mol. The minimum atomic E-state index is -0.0806. The van der Waals surface area contributed by atoms with Gasteiger partial charge in [-0.3, -0.25) is 9.89 Å². The molecule has 2 aromatic heterocycles. The van der Waals surface area contributed by atoms with E-state index in [-0.39, 0.29) is 11.8 Å². The van der Waals surface area contributed by atoms with Gasteiger partial charge < -0.3 is 19.4 Å². The van der Waals surface area contributed by atoms with E-state index in [0.717, 1.165) is 22.4 Å². The van der Waals surface area contributed by atoms with Crippen LogP contribution in [-0.4, -0.2) is 58.3 Å². The average Bonchev–Trinajstić information content (AvgIpc) is 3.39. The van der Waals surface area contributed by atoms with E-state index in [9.17, 15) is 4.79 Å². The van der Waals surface area contributed by atoms with E-state index in [1.807, 2.05) is 42.5 Å². The molecule has 0 bridgehead atoms.